The van der Waals surface area contributed by atoms with Crippen LogP contribution in [0.15, 0.2) is 36.9 Å². The fourth-order valence-corrected chi connectivity index (χ4v) is 3.07. The normalized spacial score (nSPS) is 22.0. The van der Waals surface area contributed by atoms with E-state index in [4.69, 9.17) is 14.2 Å². The Morgan fingerprint density at radius 2 is 2.09 bits per heavy atom. The molecule has 128 valence electrons. The predicted octanol–water partition coefficient (Wildman–Crippen LogP) is 4.89. The van der Waals surface area contributed by atoms with Gasteiger partial charge in [0.05, 0.1) is 32.0 Å². The highest BCUT2D eigenvalue weighted by Crippen LogP contribution is 2.28. The summed E-state index contributed by atoms with van der Waals surface area (Å²) in [5, 5.41) is 0. The van der Waals surface area contributed by atoms with E-state index < -0.39 is 0 Å². The Hall–Kier alpha value is -1.32. The van der Waals surface area contributed by atoms with Crippen molar-refractivity contribution in [1.29, 1.82) is 0 Å². The van der Waals surface area contributed by atoms with Gasteiger partial charge in [0.15, 0.2) is 0 Å². The molecular weight excluding hydrogens is 288 g/mol. The molecule has 1 aromatic carbocycles. The van der Waals surface area contributed by atoms with Crippen LogP contribution >= 0.6 is 0 Å². The Morgan fingerprint density at radius 1 is 1.30 bits per heavy atom. The molecule has 23 heavy (non-hydrogen) atoms. The molecule has 1 aliphatic rings. The third kappa shape index (κ3) is 5.67. The van der Waals surface area contributed by atoms with Gasteiger partial charge < -0.3 is 14.2 Å². The minimum Gasteiger partial charge on any atom is -0.497 e. The van der Waals surface area contributed by atoms with Gasteiger partial charge in [0.2, 0.25) is 0 Å². The van der Waals surface area contributed by atoms with Crippen LogP contribution in [0.2, 0.25) is 0 Å². The topological polar surface area (TPSA) is 27.7 Å². The van der Waals surface area contributed by atoms with E-state index >= 15 is 0 Å². The van der Waals surface area contributed by atoms with Gasteiger partial charge >= 0.3 is 0 Å². The van der Waals surface area contributed by atoms with Crippen LogP contribution < -0.4 is 4.74 Å². The summed E-state index contributed by atoms with van der Waals surface area (Å²) < 4.78 is 17.6. The smallest absolute Gasteiger partial charge is 0.118 e. The van der Waals surface area contributed by atoms with Crippen molar-refractivity contribution in [2.75, 3.05) is 7.11 Å². The maximum absolute atomic E-state index is 6.22. The van der Waals surface area contributed by atoms with Crippen molar-refractivity contribution in [2.24, 2.45) is 0 Å². The lowest BCUT2D eigenvalue weighted by Crippen LogP contribution is -2.29. The molecular formula is C20H30O3. The van der Waals surface area contributed by atoms with Gasteiger partial charge in [-0.25, -0.2) is 0 Å². The molecule has 1 saturated heterocycles. The zero-order valence-electron chi connectivity index (χ0n) is 14.5. The second-order valence-electron chi connectivity index (χ2n) is 6.24. The van der Waals surface area contributed by atoms with Crippen molar-refractivity contribution in [1.82, 2.24) is 0 Å². The molecule has 1 heterocycles. The fraction of sp³-hybridized carbons (Fsp3) is 0.600. The highest BCUT2D eigenvalue weighted by molar-refractivity contribution is 5.26. The zero-order valence-corrected chi connectivity index (χ0v) is 14.5. The molecule has 0 saturated carbocycles. The summed E-state index contributed by atoms with van der Waals surface area (Å²) in [4.78, 5) is 0. The Balaban J connectivity index is 1.88. The van der Waals surface area contributed by atoms with Crippen molar-refractivity contribution in [3.63, 3.8) is 0 Å². The number of ether oxygens (including phenoxy) is 3. The van der Waals surface area contributed by atoms with Gasteiger partial charge in [0.25, 0.3) is 0 Å². The Morgan fingerprint density at radius 3 is 2.74 bits per heavy atom. The Labute approximate surface area is 140 Å². The quantitative estimate of drug-likeness (QED) is 0.575. The van der Waals surface area contributed by atoms with Gasteiger partial charge in [-0.1, -0.05) is 38.0 Å². The molecule has 0 aromatic heterocycles. The lowest BCUT2D eigenvalue weighted by Gasteiger charge is -2.24. The third-order valence-electron chi connectivity index (χ3n) is 4.45. The molecule has 3 nitrogen and oxygen atoms in total. The third-order valence-corrected chi connectivity index (χ3v) is 4.45. The summed E-state index contributed by atoms with van der Waals surface area (Å²) in [6, 6.07) is 8.08. The first kappa shape index (κ1) is 18.0. The van der Waals surface area contributed by atoms with Crippen LogP contribution in [-0.2, 0) is 16.1 Å². The predicted molar refractivity (Wildman–Crippen MR) is 93.8 cm³/mol. The number of unbranched alkanes of at least 4 members (excludes halogenated alkanes) is 1. The van der Waals surface area contributed by atoms with E-state index in [9.17, 15) is 0 Å². The highest BCUT2D eigenvalue weighted by Gasteiger charge is 2.31. The molecule has 0 spiro atoms. The Bertz CT molecular complexity index is 454. The van der Waals surface area contributed by atoms with E-state index in [-0.39, 0.29) is 12.2 Å². The first-order valence-corrected chi connectivity index (χ1v) is 8.77. The van der Waals surface area contributed by atoms with Crippen LogP contribution in [0.3, 0.4) is 0 Å². The molecule has 0 amide bonds. The van der Waals surface area contributed by atoms with Crippen LogP contribution in [0.5, 0.6) is 5.75 Å². The van der Waals surface area contributed by atoms with Crippen LogP contribution in [-0.4, -0.2) is 25.4 Å². The number of rotatable bonds is 10. The molecule has 0 N–H and O–H groups in total. The molecule has 1 aliphatic heterocycles. The van der Waals surface area contributed by atoms with Crippen molar-refractivity contribution >= 4 is 0 Å². The van der Waals surface area contributed by atoms with Crippen molar-refractivity contribution in [2.45, 2.75) is 70.4 Å². The number of hydrogen-bond donors (Lipinski definition) is 0. The largest absolute Gasteiger partial charge is 0.497 e. The van der Waals surface area contributed by atoms with Crippen molar-refractivity contribution in [3.05, 3.63) is 42.5 Å². The van der Waals surface area contributed by atoms with Crippen molar-refractivity contribution in [3.8, 4) is 5.75 Å². The summed E-state index contributed by atoms with van der Waals surface area (Å²) in [6.07, 6.45) is 9.27. The summed E-state index contributed by atoms with van der Waals surface area (Å²) in [5.74, 6) is 0.877. The lowest BCUT2D eigenvalue weighted by molar-refractivity contribution is -0.0781. The molecule has 0 aliphatic carbocycles. The van der Waals surface area contributed by atoms with Gasteiger partial charge in [-0.2, -0.15) is 0 Å². The van der Waals surface area contributed by atoms with Crippen LogP contribution in [0.25, 0.3) is 0 Å². The zero-order chi connectivity index (χ0) is 16.5. The fourth-order valence-electron chi connectivity index (χ4n) is 3.07. The second-order valence-corrected chi connectivity index (χ2v) is 6.24. The minimum atomic E-state index is 0.187. The average molecular weight is 318 g/mol. The van der Waals surface area contributed by atoms with E-state index in [1.807, 2.05) is 18.2 Å². The van der Waals surface area contributed by atoms with E-state index in [1.54, 1.807) is 7.11 Å². The molecule has 3 atom stereocenters. The van der Waals surface area contributed by atoms with Crippen LogP contribution in [0.4, 0.5) is 0 Å². The van der Waals surface area contributed by atoms with E-state index in [2.05, 4.69) is 25.6 Å². The number of benzene rings is 1. The average Bonchev–Trinajstić information content (AvgIpc) is 3.04. The minimum absolute atomic E-state index is 0.187. The van der Waals surface area contributed by atoms with Gasteiger partial charge in [-0.05, 0) is 43.4 Å². The van der Waals surface area contributed by atoms with Crippen molar-refractivity contribution < 1.29 is 14.2 Å². The number of hydrogen-bond acceptors (Lipinski definition) is 3. The molecule has 0 radical (unpaired) electrons. The maximum Gasteiger partial charge on any atom is 0.118 e. The highest BCUT2D eigenvalue weighted by atomic mass is 16.5. The maximum atomic E-state index is 6.22. The molecule has 0 bridgehead atoms. The summed E-state index contributed by atoms with van der Waals surface area (Å²) in [6.45, 7) is 6.66. The molecule has 3 heteroatoms. The van der Waals surface area contributed by atoms with E-state index in [0.29, 0.717) is 12.7 Å². The summed E-state index contributed by atoms with van der Waals surface area (Å²) in [7, 11) is 1.68. The van der Waals surface area contributed by atoms with Crippen LogP contribution in [0, 0.1) is 0 Å². The molecule has 1 fully saturated rings. The summed E-state index contributed by atoms with van der Waals surface area (Å²) in [5.41, 5.74) is 1.17. The van der Waals surface area contributed by atoms with Gasteiger partial charge in [-0.3, -0.25) is 0 Å². The van der Waals surface area contributed by atoms with Crippen LogP contribution in [0.1, 0.15) is 51.0 Å². The van der Waals surface area contributed by atoms with Gasteiger partial charge in [0, 0.05) is 0 Å². The van der Waals surface area contributed by atoms with Gasteiger partial charge in [0.1, 0.15) is 5.75 Å². The SMILES string of the molecule is C=CC[C@H]1CC[C@H]([C@@H](CCCC)OCc2ccc(OC)cc2)O1. The standard InChI is InChI=1S/C20H30O3/c1-4-6-8-19(20-14-13-18(23-20)7-5-2)22-15-16-9-11-17(21-3)12-10-16/h5,9-12,18-20H,2,4,6-8,13-15H2,1,3H3/t18-,19+,20+/m0/s1. The summed E-state index contributed by atoms with van der Waals surface area (Å²) >= 11 is 0. The number of methoxy groups -OCH3 is 1. The van der Waals surface area contributed by atoms with E-state index in [1.165, 1.54) is 18.4 Å². The molecule has 2 rings (SSSR count). The second kappa shape index (κ2) is 9.74. The first-order valence-electron chi connectivity index (χ1n) is 8.77. The lowest BCUT2D eigenvalue weighted by atomic mass is 10.0. The molecule has 1 aromatic rings. The van der Waals surface area contributed by atoms with Gasteiger partial charge in [-0.15, -0.1) is 6.58 Å². The monoisotopic (exact) mass is 318 g/mol. The first-order chi connectivity index (χ1) is 11.3. The van der Waals surface area contributed by atoms with E-state index in [0.717, 1.165) is 31.4 Å². The Kier molecular flexibility index (Phi) is 7.63. The molecule has 0 unspecified atom stereocenters.